The molecule has 0 aliphatic carbocycles. The van der Waals surface area contributed by atoms with Gasteiger partial charge >= 0.3 is 0 Å². The maximum atomic E-state index is 12.9. The van der Waals surface area contributed by atoms with E-state index in [0.29, 0.717) is 23.6 Å². The number of nitrogens with zero attached hydrogens (tertiary/aromatic N) is 3. The van der Waals surface area contributed by atoms with E-state index in [4.69, 9.17) is 11.6 Å². The molecular formula is C28H26ClN5O2. The number of hydrogen-bond acceptors (Lipinski definition) is 5. The van der Waals surface area contributed by atoms with Gasteiger partial charge in [0.25, 0.3) is 5.91 Å². The van der Waals surface area contributed by atoms with E-state index in [1.165, 1.54) is 0 Å². The number of nitrogens with one attached hydrogen (secondary N) is 2. The van der Waals surface area contributed by atoms with Crippen LogP contribution in [0.4, 0.5) is 0 Å². The molecule has 0 atom stereocenters. The van der Waals surface area contributed by atoms with Crippen LogP contribution < -0.4 is 5.32 Å². The van der Waals surface area contributed by atoms with Gasteiger partial charge in [0.05, 0.1) is 28.9 Å². The first kappa shape index (κ1) is 23.9. The van der Waals surface area contributed by atoms with Crippen LogP contribution >= 0.6 is 11.6 Å². The molecule has 5 rings (SSSR count). The second kappa shape index (κ2) is 9.33. The first-order chi connectivity index (χ1) is 17.2. The molecule has 2 aromatic carbocycles. The zero-order valence-electron chi connectivity index (χ0n) is 20.3. The highest BCUT2D eigenvalue weighted by Crippen LogP contribution is 2.30. The normalized spacial score (nSPS) is 11.8. The van der Waals surface area contributed by atoms with E-state index in [1.54, 1.807) is 38.2 Å². The number of halogens is 1. The first-order valence-electron chi connectivity index (χ1n) is 11.6. The van der Waals surface area contributed by atoms with Crippen molar-refractivity contribution in [2.24, 2.45) is 0 Å². The lowest BCUT2D eigenvalue weighted by molar-refractivity contribution is 0.0799. The van der Waals surface area contributed by atoms with Crippen LogP contribution in [0.1, 0.15) is 52.3 Å². The third-order valence-corrected chi connectivity index (χ3v) is 6.36. The molecule has 0 unspecified atom stereocenters. The molecule has 0 bridgehead atoms. The van der Waals surface area contributed by atoms with E-state index in [1.807, 2.05) is 31.3 Å². The summed E-state index contributed by atoms with van der Waals surface area (Å²) in [6, 6.07) is 15.0. The summed E-state index contributed by atoms with van der Waals surface area (Å²) in [6.45, 7) is 5.80. The summed E-state index contributed by atoms with van der Waals surface area (Å²) in [5.41, 5.74) is 5.37. The van der Waals surface area contributed by atoms with Crippen molar-refractivity contribution in [3.63, 3.8) is 0 Å². The second-order valence-electron chi connectivity index (χ2n) is 9.55. The number of aromatic amines is 1. The second-order valence-corrected chi connectivity index (χ2v) is 9.98. The number of rotatable bonds is 6. The van der Waals surface area contributed by atoms with Gasteiger partial charge in [-0.3, -0.25) is 19.9 Å². The molecule has 3 heterocycles. The lowest BCUT2D eigenvalue weighted by Gasteiger charge is -2.21. The zero-order chi connectivity index (χ0) is 25.4. The summed E-state index contributed by atoms with van der Waals surface area (Å²) in [6.07, 6.45) is 3.96. The summed E-state index contributed by atoms with van der Waals surface area (Å²) in [4.78, 5) is 21.9. The Labute approximate surface area is 213 Å². The highest BCUT2D eigenvalue weighted by Gasteiger charge is 2.21. The number of fused-ring (bicyclic) bond motifs is 2. The lowest BCUT2D eigenvalue weighted by Crippen LogP contribution is -2.23. The Bertz CT molecular complexity index is 1600. The van der Waals surface area contributed by atoms with E-state index >= 15 is 0 Å². The number of H-pyrrole nitrogens is 1. The molecule has 0 aliphatic heterocycles. The van der Waals surface area contributed by atoms with Gasteiger partial charge in [-0.2, -0.15) is 5.10 Å². The van der Waals surface area contributed by atoms with Crippen LogP contribution in [-0.2, 0) is 18.6 Å². The smallest absolute Gasteiger partial charge is 0.251 e. The number of carbonyl (C=O) groups excluding carboxylic acids is 1. The number of aliphatic hydroxyl groups is 1. The molecule has 0 saturated heterocycles. The molecule has 7 nitrogen and oxygen atoms in total. The molecule has 0 radical (unpaired) electrons. The Kier molecular flexibility index (Phi) is 6.20. The first-order valence-corrected chi connectivity index (χ1v) is 12.0. The van der Waals surface area contributed by atoms with Gasteiger partial charge < -0.3 is 10.4 Å². The number of benzene rings is 2. The van der Waals surface area contributed by atoms with Crippen LogP contribution in [0.5, 0.6) is 0 Å². The van der Waals surface area contributed by atoms with E-state index in [0.717, 1.165) is 49.9 Å². The van der Waals surface area contributed by atoms with Crippen molar-refractivity contribution in [2.45, 2.75) is 39.3 Å². The molecule has 5 aromatic rings. The molecule has 0 fully saturated rings. The number of pyridine rings is 2. The van der Waals surface area contributed by atoms with Crippen LogP contribution in [0, 0.1) is 6.92 Å². The Balaban J connectivity index is 1.37. The molecule has 3 N–H and O–H groups in total. The van der Waals surface area contributed by atoms with Crippen LogP contribution in [0.15, 0.2) is 60.9 Å². The van der Waals surface area contributed by atoms with Crippen molar-refractivity contribution in [1.29, 1.82) is 0 Å². The highest BCUT2D eigenvalue weighted by atomic mass is 35.5. The summed E-state index contributed by atoms with van der Waals surface area (Å²) in [5, 5.41) is 23.4. The molecule has 36 heavy (non-hydrogen) atoms. The average Bonchev–Trinajstić information content (AvgIpc) is 3.23. The van der Waals surface area contributed by atoms with Crippen LogP contribution in [0.3, 0.4) is 0 Å². The molecule has 0 spiro atoms. The van der Waals surface area contributed by atoms with Crippen molar-refractivity contribution >= 4 is 39.3 Å². The van der Waals surface area contributed by atoms with Crippen LogP contribution in [-0.4, -0.2) is 31.2 Å². The molecule has 182 valence electrons. The summed E-state index contributed by atoms with van der Waals surface area (Å²) in [7, 11) is 0. The Morgan fingerprint density at radius 3 is 2.75 bits per heavy atom. The summed E-state index contributed by atoms with van der Waals surface area (Å²) >= 11 is 6.11. The number of amides is 1. The van der Waals surface area contributed by atoms with Crippen molar-refractivity contribution < 1.29 is 9.90 Å². The lowest BCUT2D eigenvalue weighted by atomic mass is 9.91. The minimum absolute atomic E-state index is 0.209. The SMILES string of the molecule is Cc1cnc2c(C(C)(C)O)cc(Cc3cc(C(=O)NCc4[nH]nc5ccc(Cl)cc45)ccn3)cc2c1. The third-order valence-electron chi connectivity index (χ3n) is 6.12. The molecule has 0 saturated carbocycles. The third kappa shape index (κ3) is 4.94. The number of carbonyl (C=O) groups is 1. The van der Waals surface area contributed by atoms with Gasteiger partial charge in [-0.25, -0.2) is 0 Å². The van der Waals surface area contributed by atoms with Crippen molar-refractivity contribution in [3.05, 3.63) is 99.6 Å². The fraction of sp³-hybridized carbons (Fsp3) is 0.214. The molecule has 8 heteroatoms. The van der Waals surface area contributed by atoms with E-state index in [2.05, 4.69) is 37.6 Å². The Hall–Kier alpha value is -3.81. The Morgan fingerprint density at radius 1 is 1.11 bits per heavy atom. The molecule has 0 aliphatic rings. The Morgan fingerprint density at radius 2 is 1.94 bits per heavy atom. The topological polar surface area (TPSA) is 104 Å². The van der Waals surface area contributed by atoms with Gasteiger partial charge in [0, 0.05) is 51.4 Å². The minimum atomic E-state index is -1.05. The van der Waals surface area contributed by atoms with Crippen molar-refractivity contribution in [1.82, 2.24) is 25.5 Å². The van der Waals surface area contributed by atoms with Gasteiger partial charge in [0.2, 0.25) is 0 Å². The standard InChI is InChI=1S/C28H26ClN5O2/c1-16-8-19-9-17(11-23(28(2,3)36)26(19)31-14-16)10-21-12-18(6-7-30-21)27(35)32-15-25-22-13-20(29)4-5-24(22)33-34-25/h4-9,11-14,36H,10,15H2,1-3H3,(H,32,35)(H,33,34). The minimum Gasteiger partial charge on any atom is -0.386 e. The van der Waals surface area contributed by atoms with Gasteiger partial charge in [-0.15, -0.1) is 0 Å². The average molecular weight is 500 g/mol. The predicted molar refractivity (Wildman–Crippen MR) is 141 cm³/mol. The molecular weight excluding hydrogens is 474 g/mol. The van der Waals surface area contributed by atoms with Crippen molar-refractivity contribution in [3.8, 4) is 0 Å². The zero-order valence-corrected chi connectivity index (χ0v) is 21.0. The number of hydrogen-bond donors (Lipinski definition) is 3. The molecule has 3 aromatic heterocycles. The van der Waals surface area contributed by atoms with Crippen LogP contribution in [0.25, 0.3) is 21.8 Å². The van der Waals surface area contributed by atoms with Gasteiger partial charge in [0.1, 0.15) is 0 Å². The van der Waals surface area contributed by atoms with Gasteiger partial charge in [0.15, 0.2) is 0 Å². The van der Waals surface area contributed by atoms with Crippen LogP contribution in [0.2, 0.25) is 5.02 Å². The number of aryl methyl sites for hydroxylation is 1. The van der Waals surface area contributed by atoms with Gasteiger partial charge in [-0.1, -0.05) is 17.7 Å². The van der Waals surface area contributed by atoms with Gasteiger partial charge in [-0.05, 0) is 74.4 Å². The fourth-order valence-electron chi connectivity index (χ4n) is 4.36. The van der Waals surface area contributed by atoms with Crippen molar-refractivity contribution in [2.75, 3.05) is 0 Å². The largest absolute Gasteiger partial charge is 0.386 e. The highest BCUT2D eigenvalue weighted by molar-refractivity contribution is 6.31. The monoisotopic (exact) mass is 499 g/mol. The summed E-state index contributed by atoms with van der Waals surface area (Å²) < 4.78 is 0. The summed E-state index contributed by atoms with van der Waals surface area (Å²) in [5.74, 6) is -0.209. The van der Waals surface area contributed by atoms with E-state index in [-0.39, 0.29) is 5.91 Å². The predicted octanol–water partition coefficient (Wildman–Crippen LogP) is 5.22. The molecule has 1 amide bonds. The number of aromatic nitrogens is 4. The maximum absolute atomic E-state index is 12.9. The fourth-order valence-corrected chi connectivity index (χ4v) is 4.53. The quantitative estimate of drug-likeness (QED) is 0.297. The maximum Gasteiger partial charge on any atom is 0.251 e. The van der Waals surface area contributed by atoms with E-state index < -0.39 is 5.60 Å². The van der Waals surface area contributed by atoms with E-state index in [9.17, 15) is 9.90 Å².